The Kier molecular flexibility index (Phi) is 5.62. The molecule has 0 saturated heterocycles. The highest BCUT2D eigenvalue weighted by Gasteiger charge is 1.84. The maximum absolute atomic E-state index is 9.84. The third-order valence-electron chi connectivity index (χ3n) is 1.22. The average Bonchev–Trinajstić information content (AvgIpc) is 2.22. The molecule has 0 fully saturated rings. The lowest BCUT2D eigenvalue weighted by Crippen LogP contribution is -1.91. The maximum atomic E-state index is 9.84. The van der Waals surface area contributed by atoms with E-state index in [9.17, 15) is 4.79 Å². The van der Waals surface area contributed by atoms with Crippen molar-refractivity contribution in [3.05, 3.63) is 36.9 Å². The van der Waals surface area contributed by atoms with Gasteiger partial charge in [-0.05, 0) is 24.3 Å². The molecule has 0 unspecified atom stereocenters. The van der Waals surface area contributed by atoms with Gasteiger partial charge in [-0.2, -0.15) is 0 Å². The van der Waals surface area contributed by atoms with Crippen LogP contribution in [0.3, 0.4) is 0 Å². The second-order valence-electron chi connectivity index (χ2n) is 2.24. The average molecular weight is 196 g/mol. The number of rotatable bonds is 1. The van der Waals surface area contributed by atoms with Crippen LogP contribution in [0.4, 0.5) is 0 Å². The monoisotopic (exact) mass is 196 g/mol. The van der Waals surface area contributed by atoms with Gasteiger partial charge in [0.05, 0.1) is 7.11 Å². The molecule has 0 saturated carbocycles. The highest BCUT2D eigenvalue weighted by molar-refractivity contribution is 5.80. The summed E-state index contributed by atoms with van der Waals surface area (Å²) in [6.07, 6.45) is 1.11. The molecule has 0 aromatic heterocycles. The minimum atomic E-state index is -0.394. The lowest BCUT2D eigenvalue weighted by atomic mass is 10.3. The Balaban J connectivity index is 0.000000255. The van der Waals surface area contributed by atoms with Crippen molar-refractivity contribution >= 4 is 5.97 Å². The van der Waals surface area contributed by atoms with Crippen LogP contribution >= 0.6 is 0 Å². The van der Waals surface area contributed by atoms with Crippen LogP contribution in [0.25, 0.3) is 0 Å². The minimum Gasteiger partial charge on any atom is -0.508 e. The molecule has 1 aromatic rings. The summed E-state index contributed by atoms with van der Waals surface area (Å²) in [5.41, 5.74) is 0. The molecule has 0 aliphatic heterocycles. The molecule has 14 heavy (non-hydrogen) atoms. The first-order valence-electron chi connectivity index (χ1n) is 3.78. The molecule has 0 heterocycles. The van der Waals surface area contributed by atoms with E-state index in [1.807, 2.05) is 0 Å². The number of aromatic hydroxyl groups is 2. The number of esters is 1. The summed E-state index contributed by atoms with van der Waals surface area (Å²) in [7, 11) is 1.31. The number of phenols is 2. The Labute approximate surface area is 82.1 Å². The molecule has 4 heteroatoms. The molecule has 4 nitrogen and oxygen atoms in total. The SMILES string of the molecule is C=CC(=O)OC.Oc1ccc(O)cc1. The van der Waals surface area contributed by atoms with Gasteiger partial charge in [-0.25, -0.2) is 4.79 Å². The van der Waals surface area contributed by atoms with Crippen LogP contribution in [0.1, 0.15) is 0 Å². The second-order valence-corrected chi connectivity index (χ2v) is 2.24. The van der Waals surface area contributed by atoms with Crippen molar-refractivity contribution in [1.29, 1.82) is 0 Å². The van der Waals surface area contributed by atoms with Gasteiger partial charge < -0.3 is 14.9 Å². The van der Waals surface area contributed by atoms with Gasteiger partial charge in [0.25, 0.3) is 0 Å². The summed E-state index contributed by atoms with van der Waals surface area (Å²) in [6.45, 7) is 3.16. The van der Waals surface area contributed by atoms with E-state index in [-0.39, 0.29) is 11.5 Å². The van der Waals surface area contributed by atoms with Gasteiger partial charge in [-0.3, -0.25) is 0 Å². The first-order valence-corrected chi connectivity index (χ1v) is 3.78. The van der Waals surface area contributed by atoms with Gasteiger partial charge in [0, 0.05) is 6.08 Å². The molecule has 2 N–H and O–H groups in total. The molecule has 0 radical (unpaired) electrons. The Morgan fingerprint density at radius 1 is 1.29 bits per heavy atom. The van der Waals surface area contributed by atoms with Gasteiger partial charge in [0.1, 0.15) is 11.5 Å². The summed E-state index contributed by atoms with van der Waals surface area (Å²) in [6, 6.07) is 5.70. The minimum absolute atomic E-state index is 0.169. The molecule has 1 rings (SSSR count). The molecule has 0 aliphatic carbocycles. The Bertz CT molecular complexity index is 268. The fourth-order valence-corrected chi connectivity index (χ4v) is 0.536. The van der Waals surface area contributed by atoms with E-state index in [0.29, 0.717) is 0 Å². The highest BCUT2D eigenvalue weighted by Crippen LogP contribution is 2.13. The summed E-state index contributed by atoms with van der Waals surface area (Å²) in [5, 5.41) is 17.3. The van der Waals surface area contributed by atoms with Crippen LogP contribution in [0.5, 0.6) is 11.5 Å². The van der Waals surface area contributed by atoms with Crippen molar-refractivity contribution in [2.24, 2.45) is 0 Å². The zero-order valence-corrected chi connectivity index (χ0v) is 7.80. The number of hydrogen-bond donors (Lipinski definition) is 2. The lowest BCUT2D eigenvalue weighted by molar-refractivity contribution is -0.134. The van der Waals surface area contributed by atoms with Gasteiger partial charge in [0.15, 0.2) is 0 Å². The van der Waals surface area contributed by atoms with E-state index < -0.39 is 5.97 Å². The molecular formula is C10H12O4. The van der Waals surface area contributed by atoms with Crippen LogP contribution in [0.15, 0.2) is 36.9 Å². The van der Waals surface area contributed by atoms with Crippen molar-refractivity contribution in [3.63, 3.8) is 0 Å². The van der Waals surface area contributed by atoms with E-state index in [0.717, 1.165) is 6.08 Å². The summed E-state index contributed by atoms with van der Waals surface area (Å²) in [5.74, 6) is -0.0550. The summed E-state index contributed by atoms with van der Waals surface area (Å²) < 4.78 is 4.14. The third-order valence-corrected chi connectivity index (χ3v) is 1.22. The van der Waals surface area contributed by atoms with E-state index in [4.69, 9.17) is 10.2 Å². The highest BCUT2D eigenvalue weighted by atomic mass is 16.5. The summed E-state index contributed by atoms with van der Waals surface area (Å²) in [4.78, 5) is 9.84. The third kappa shape index (κ3) is 5.65. The predicted octanol–water partition coefficient (Wildman–Crippen LogP) is 1.44. The quantitative estimate of drug-likeness (QED) is 0.405. The van der Waals surface area contributed by atoms with E-state index in [1.165, 1.54) is 31.4 Å². The van der Waals surface area contributed by atoms with Crippen molar-refractivity contribution in [1.82, 2.24) is 0 Å². The van der Waals surface area contributed by atoms with Gasteiger partial charge in [0.2, 0.25) is 0 Å². The number of carbonyl (C=O) groups excluding carboxylic acids is 1. The number of hydrogen-bond acceptors (Lipinski definition) is 4. The fourth-order valence-electron chi connectivity index (χ4n) is 0.536. The van der Waals surface area contributed by atoms with Crippen LogP contribution in [0.2, 0.25) is 0 Å². The molecule has 0 bridgehead atoms. The fraction of sp³-hybridized carbons (Fsp3) is 0.100. The Morgan fingerprint density at radius 2 is 1.64 bits per heavy atom. The Hall–Kier alpha value is -1.97. The largest absolute Gasteiger partial charge is 0.508 e. The molecule has 76 valence electrons. The topological polar surface area (TPSA) is 66.8 Å². The number of benzene rings is 1. The van der Waals surface area contributed by atoms with E-state index in [1.54, 1.807) is 0 Å². The number of carbonyl (C=O) groups is 1. The first kappa shape index (κ1) is 12.0. The van der Waals surface area contributed by atoms with Gasteiger partial charge >= 0.3 is 5.97 Å². The standard InChI is InChI=1S/C6H6O2.C4H6O2/c7-5-1-2-6(8)4-3-5;1-3-4(5)6-2/h1-4,7-8H;3H,1H2,2H3. The zero-order chi connectivity index (χ0) is 11.0. The predicted molar refractivity (Wildman–Crippen MR) is 52.0 cm³/mol. The van der Waals surface area contributed by atoms with Crippen LogP contribution in [-0.2, 0) is 9.53 Å². The number of ether oxygens (including phenoxy) is 1. The first-order chi connectivity index (χ1) is 6.60. The number of phenolic OH excluding ortho intramolecular Hbond substituents is 2. The second kappa shape index (κ2) is 6.54. The van der Waals surface area contributed by atoms with E-state index >= 15 is 0 Å². The molecule has 0 spiro atoms. The number of methoxy groups -OCH3 is 1. The molecule has 0 amide bonds. The smallest absolute Gasteiger partial charge is 0.329 e. The molecule has 1 aromatic carbocycles. The van der Waals surface area contributed by atoms with Crippen LogP contribution < -0.4 is 0 Å². The van der Waals surface area contributed by atoms with Crippen molar-refractivity contribution in [3.8, 4) is 11.5 Å². The van der Waals surface area contributed by atoms with Crippen molar-refractivity contribution < 1.29 is 19.7 Å². The lowest BCUT2D eigenvalue weighted by Gasteiger charge is -1.88. The van der Waals surface area contributed by atoms with Crippen molar-refractivity contribution in [2.45, 2.75) is 0 Å². The van der Waals surface area contributed by atoms with Crippen LogP contribution in [-0.4, -0.2) is 23.3 Å². The molecular weight excluding hydrogens is 184 g/mol. The molecule has 0 aliphatic rings. The van der Waals surface area contributed by atoms with E-state index in [2.05, 4.69) is 11.3 Å². The zero-order valence-electron chi connectivity index (χ0n) is 7.80. The van der Waals surface area contributed by atoms with Gasteiger partial charge in [-0.15, -0.1) is 0 Å². The molecule has 0 atom stereocenters. The normalized spacial score (nSPS) is 8.07. The van der Waals surface area contributed by atoms with Crippen molar-refractivity contribution in [2.75, 3.05) is 7.11 Å². The van der Waals surface area contributed by atoms with Crippen LogP contribution in [0, 0.1) is 0 Å². The summed E-state index contributed by atoms with van der Waals surface area (Å²) >= 11 is 0. The van der Waals surface area contributed by atoms with Gasteiger partial charge in [-0.1, -0.05) is 6.58 Å². The Morgan fingerprint density at radius 3 is 1.79 bits per heavy atom. The maximum Gasteiger partial charge on any atom is 0.329 e.